The molecule has 2 N–H and O–H groups in total. The number of hydrogen-bond acceptors (Lipinski definition) is 5. The van der Waals surface area contributed by atoms with Gasteiger partial charge in [0, 0.05) is 36.3 Å². The van der Waals surface area contributed by atoms with Gasteiger partial charge in [0.1, 0.15) is 17.8 Å². The van der Waals surface area contributed by atoms with E-state index in [9.17, 15) is 4.79 Å². The molecule has 180 valence electrons. The first-order valence-electron chi connectivity index (χ1n) is 11.6. The minimum atomic E-state index is -0.433. The van der Waals surface area contributed by atoms with Crippen LogP contribution < -0.4 is 5.73 Å². The molecule has 1 atom stereocenters. The van der Waals surface area contributed by atoms with Crippen molar-refractivity contribution in [3.63, 3.8) is 0 Å². The quantitative estimate of drug-likeness (QED) is 0.475. The molecule has 0 spiro atoms. The van der Waals surface area contributed by atoms with Gasteiger partial charge in [0.25, 0.3) is 0 Å². The molecule has 3 aromatic rings. The maximum absolute atomic E-state index is 15.9. The van der Waals surface area contributed by atoms with Crippen LogP contribution in [0.5, 0.6) is 0 Å². The molecular formula is C25H30ClFN6O. The molecule has 3 heterocycles. The van der Waals surface area contributed by atoms with E-state index in [4.69, 9.17) is 17.3 Å². The summed E-state index contributed by atoms with van der Waals surface area (Å²) in [5.74, 6) is -0.277. The molecule has 1 aromatic carbocycles. The highest BCUT2D eigenvalue weighted by Gasteiger charge is 2.32. The third kappa shape index (κ3) is 4.93. The van der Waals surface area contributed by atoms with Crippen molar-refractivity contribution in [2.45, 2.75) is 32.2 Å². The molecule has 4 rings (SSSR count). The van der Waals surface area contributed by atoms with Gasteiger partial charge in [0.05, 0.1) is 11.4 Å². The van der Waals surface area contributed by atoms with Crippen LogP contribution in [-0.2, 0) is 4.79 Å². The highest BCUT2D eigenvalue weighted by molar-refractivity contribution is 6.30. The van der Waals surface area contributed by atoms with Crippen LogP contribution in [0.3, 0.4) is 0 Å². The normalized spacial score (nSPS) is 16.4. The molecule has 1 amide bonds. The summed E-state index contributed by atoms with van der Waals surface area (Å²) >= 11 is 6.02. The van der Waals surface area contributed by atoms with E-state index in [1.807, 2.05) is 13.1 Å². The van der Waals surface area contributed by atoms with Crippen LogP contribution in [0, 0.1) is 5.95 Å². The molecule has 1 fully saturated rings. The topological polar surface area (TPSA) is 80.3 Å². The molecule has 7 nitrogen and oxygen atoms in total. The SMILES string of the molecule is CCCCN(C)C/C=C/C(=O)N1CC[C@@H](n2c(F)c(-c3ccc(Cl)cc3)c3c(N)ncnc32)C1. The van der Waals surface area contributed by atoms with Crippen molar-refractivity contribution in [2.24, 2.45) is 0 Å². The van der Waals surface area contributed by atoms with Crippen LogP contribution in [0.4, 0.5) is 10.2 Å². The summed E-state index contributed by atoms with van der Waals surface area (Å²) in [4.78, 5) is 25.1. The number of unbranched alkanes of at least 4 members (excludes halogenated alkanes) is 1. The van der Waals surface area contributed by atoms with E-state index < -0.39 is 5.95 Å². The number of rotatable bonds is 8. The van der Waals surface area contributed by atoms with Crippen molar-refractivity contribution in [1.29, 1.82) is 0 Å². The number of likely N-dealkylation sites (N-methyl/N-ethyl adjacent to an activating group) is 1. The van der Waals surface area contributed by atoms with Crippen molar-refractivity contribution in [2.75, 3.05) is 39.0 Å². The first-order valence-corrected chi connectivity index (χ1v) is 12.0. The fourth-order valence-electron chi connectivity index (χ4n) is 4.45. The molecule has 0 unspecified atom stereocenters. The summed E-state index contributed by atoms with van der Waals surface area (Å²) in [6.45, 7) is 4.84. The molecule has 1 saturated heterocycles. The Morgan fingerprint density at radius 2 is 2.09 bits per heavy atom. The van der Waals surface area contributed by atoms with E-state index in [1.54, 1.807) is 39.8 Å². The Kier molecular flexibility index (Phi) is 7.48. The number of amides is 1. The van der Waals surface area contributed by atoms with E-state index in [-0.39, 0.29) is 17.8 Å². The second-order valence-corrected chi connectivity index (χ2v) is 9.18. The average molecular weight is 485 g/mol. The summed E-state index contributed by atoms with van der Waals surface area (Å²) in [5.41, 5.74) is 7.59. The second kappa shape index (κ2) is 10.5. The first kappa shape index (κ1) is 24.2. The number of benzene rings is 1. The minimum absolute atomic E-state index is 0.0599. The standard InChI is InChI=1S/C25H30ClFN6O/c1-3-4-12-31(2)13-5-6-20(34)32-14-11-19(15-32)33-23(27)21(17-7-9-18(26)10-8-17)22-24(28)29-16-30-25(22)33/h5-10,16,19H,3-4,11-15H2,1-2H3,(H2,28,29,30)/b6-5+/t19-/m1/s1. The number of nitrogen functional groups attached to an aromatic ring is 1. The number of aromatic nitrogens is 3. The van der Waals surface area contributed by atoms with E-state index in [1.165, 1.54) is 6.33 Å². The Morgan fingerprint density at radius 1 is 1.32 bits per heavy atom. The molecule has 0 saturated carbocycles. The number of carbonyl (C=O) groups excluding carboxylic acids is 1. The van der Waals surface area contributed by atoms with Gasteiger partial charge in [-0.2, -0.15) is 4.39 Å². The lowest BCUT2D eigenvalue weighted by molar-refractivity contribution is -0.125. The number of halogens is 2. The second-order valence-electron chi connectivity index (χ2n) is 8.75. The van der Waals surface area contributed by atoms with Crippen LogP contribution in [0.2, 0.25) is 5.02 Å². The van der Waals surface area contributed by atoms with Gasteiger partial charge in [-0.25, -0.2) is 9.97 Å². The zero-order valence-electron chi connectivity index (χ0n) is 19.5. The van der Waals surface area contributed by atoms with Crippen molar-refractivity contribution < 1.29 is 9.18 Å². The molecular weight excluding hydrogens is 455 g/mol. The monoisotopic (exact) mass is 484 g/mol. The Bertz CT molecular complexity index is 1190. The molecule has 1 aliphatic heterocycles. The predicted molar refractivity (Wildman–Crippen MR) is 134 cm³/mol. The highest BCUT2D eigenvalue weighted by atomic mass is 35.5. The zero-order valence-corrected chi connectivity index (χ0v) is 20.3. The van der Waals surface area contributed by atoms with Gasteiger partial charge in [-0.1, -0.05) is 43.2 Å². The summed E-state index contributed by atoms with van der Waals surface area (Å²) in [5, 5.41) is 1.04. The fraction of sp³-hybridized carbons (Fsp3) is 0.400. The lowest BCUT2D eigenvalue weighted by atomic mass is 10.1. The van der Waals surface area contributed by atoms with E-state index in [0.717, 1.165) is 25.9 Å². The van der Waals surface area contributed by atoms with Gasteiger partial charge in [-0.15, -0.1) is 0 Å². The Hall–Kier alpha value is -2.97. The molecule has 0 bridgehead atoms. The molecule has 2 aromatic heterocycles. The van der Waals surface area contributed by atoms with Gasteiger partial charge in [0.2, 0.25) is 11.9 Å². The van der Waals surface area contributed by atoms with Crippen LogP contribution in [0.25, 0.3) is 22.2 Å². The van der Waals surface area contributed by atoms with Crippen molar-refractivity contribution in [1.82, 2.24) is 24.3 Å². The molecule has 0 aliphatic carbocycles. The molecule has 0 radical (unpaired) electrons. The van der Waals surface area contributed by atoms with E-state index in [2.05, 4.69) is 21.8 Å². The van der Waals surface area contributed by atoms with Gasteiger partial charge in [-0.3, -0.25) is 9.36 Å². The van der Waals surface area contributed by atoms with Crippen LogP contribution in [-0.4, -0.2) is 63.5 Å². The minimum Gasteiger partial charge on any atom is -0.383 e. The lowest BCUT2D eigenvalue weighted by Crippen LogP contribution is -2.28. The summed E-state index contributed by atoms with van der Waals surface area (Å²) in [7, 11) is 2.04. The van der Waals surface area contributed by atoms with Crippen molar-refractivity contribution >= 4 is 34.4 Å². The maximum atomic E-state index is 15.9. The molecule has 9 heteroatoms. The molecule has 34 heavy (non-hydrogen) atoms. The zero-order chi connectivity index (χ0) is 24.2. The summed E-state index contributed by atoms with van der Waals surface area (Å²) < 4.78 is 17.5. The average Bonchev–Trinajstić information content (AvgIpc) is 3.41. The van der Waals surface area contributed by atoms with Crippen molar-refractivity contribution in [3.8, 4) is 11.1 Å². The highest BCUT2D eigenvalue weighted by Crippen LogP contribution is 2.39. The number of nitrogens with zero attached hydrogens (tertiary/aromatic N) is 5. The number of carbonyl (C=O) groups is 1. The van der Waals surface area contributed by atoms with Crippen LogP contribution >= 0.6 is 11.6 Å². The van der Waals surface area contributed by atoms with Crippen LogP contribution in [0.1, 0.15) is 32.2 Å². The van der Waals surface area contributed by atoms with Gasteiger partial charge < -0.3 is 15.5 Å². The van der Waals surface area contributed by atoms with Gasteiger partial charge >= 0.3 is 0 Å². The maximum Gasteiger partial charge on any atom is 0.246 e. The third-order valence-corrected chi connectivity index (χ3v) is 6.55. The van der Waals surface area contributed by atoms with E-state index in [0.29, 0.717) is 46.7 Å². The number of nitrogens with two attached hydrogens (primary N) is 1. The Balaban J connectivity index is 1.57. The van der Waals surface area contributed by atoms with E-state index >= 15 is 4.39 Å². The van der Waals surface area contributed by atoms with Gasteiger partial charge in [0.15, 0.2) is 0 Å². The predicted octanol–water partition coefficient (Wildman–Crippen LogP) is 4.53. The molecule has 1 aliphatic rings. The first-order chi connectivity index (χ1) is 16.4. The lowest BCUT2D eigenvalue weighted by Gasteiger charge is -2.17. The van der Waals surface area contributed by atoms with Gasteiger partial charge in [-0.05, 0) is 44.1 Å². The summed E-state index contributed by atoms with van der Waals surface area (Å²) in [6, 6.07) is 6.68. The van der Waals surface area contributed by atoms with Crippen LogP contribution in [0.15, 0.2) is 42.7 Å². The summed E-state index contributed by atoms with van der Waals surface area (Å²) in [6.07, 6.45) is 7.75. The fourth-order valence-corrected chi connectivity index (χ4v) is 4.58. The van der Waals surface area contributed by atoms with Crippen molar-refractivity contribution in [3.05, 3.63) is 53.7 Å². The number of hydrogen-bond donors (Lipinski definition) is 1. The smallest absolute Gasteiger partial charge is 0.246 e. The number of likely N-dealkylation sites (tertiary alicyclic amines) is 1. The largest absolute Gasteiger partial charge is 0.383 e. The Labute approximate surface area is 204 Å². The number of anilines is 1. The number of fused-ring (bicyclic) bond motifs is 1. The third-order valence-electron chi connectivity index (χ3n) is 6.30. The Morgan fingerprint density at radius 3 is 2.82 bits per heavy atom.